The summed E-state index contributed by atoms with van der Waals surface area (Å²) in [4.78, 5) is 12.2. The molecule has 3 N–H and O–H groups in total. The highest BCUT2D eigenvalue weighted by molar-refractivity contribution is 5.93. The molecule has 4 heteroatoms. The van der Waals surface area contributed by atoms with E-state index in [1.807, 2.05) is 19.9 Å². The van der Waals surface area contributed by atoms with Crippen molar-refractivity contribution in [2.45, 2.75) is 104 Å². The molecule has 0 radical (unpaired) electrons. The maximum Gasteiger partial charge on any atom is 0.156 e. The standard InChI is InChI=1S/C33H44N2O2.C2H6/c1-21(35-32(2,3)4)34-18-6-7-22-8-10-23(11-9-22)28-20-33(5)29(16-17-30(33)37)27-14-12-24-19-25(36)13-15-26(24)31(27)28;1-2/h6-11,19,27-30,34-35,37H,1,12-18,20H2,2-5H3;1-2H3/b7-6+;. The van der Waals surface area contributed by atoms with E-state index in [9.17, 15) is 9.90 Å². The van der Waals surface area contributed by atoms with Crippen molar-refractivity contribution in [2.24, 2.45) is 17.3 Å². The van der Waals surface area contributed by atoms with E-state index in [1.165, 1.54) is 22.3 Å². The Kier molecular flexibility index (Phi) is 8.95. The van der Waals surface area contributed by atoms with Gasteiger partial charge in [-0.25, -0.2) is 0 Å². The van der Waals surface area contributed by atoms with E-state index < -0.39 is 0 Å². The van der Waals surface area contributed by atoms with E-state index >= 15 is 0 Å². The first-order valence-electron chi connectivity index (χ1n) is 15.2. The van der Waals surface area contributed by atoms with E-state index in [4.69, 9.17) is 0 Å². The second-order valence-corrected chi connectivity index (χ2v) is 13.0. The summed E-state index contributed by atoms with van der Waals surface area (Å²) < 4.78 is 0. The lowest BCUT2D eigenvalue weighted by molar-refractivity contribution is -0.114. The Morgan fingerprint density at radius 1 is 1.10 bits per heavy atom. The molecule has 0 aromatic heterocycles. The number of carbonyl (C=O) groups excluding carboxylic acids is 1. The van der Waals surface area contributed by atoms with E-state index in [1.54, 1.807) is 5.57 Å². The number of carbonyl (C=O) groups is 1. The van der Waals surface area contributed by atoms with Crippen LogP contribution in [0.3, 0.4) is 0 Å². The van der Waals surface area contributed by atoms with Crippen molar-refractivity contribution < 1.29 is 9.90 Å². The van der Waals surface area contributed by atoms with Gasteiger partial charge in [-0.05, 0) is 105 Å². The summed E-state index contributed by atoms with van der Waals surface area (Å²) in [5.41, 5.74) is 6.86. The molecule has 4 aliphatic carbocycles. The molecule has 39 heavy (non-hydrogen) atoms. The molecule has 4 nitrogen and oxygen atoms in total. The van der Waals surface area contributed by atoms with Crippen molar-refractivity contribution >= 4 is 11.9 Å². The van der Waals surface area contributed by atoms with Crippen LogP contribution in [0, 0.1) is 17.3 Å². The molecule has 1 aromatic rings. The summed E-state index contributed by atoms with van der Waals surface area (Å²) in [6, 6.07) is 9.02. The largest absolute Gasteiger partial charge is 0.393 e. The van der Waals surface area contributed by atoms with Gasteiger partial charge in [-0.3, -0.25) is 4.79 Å². The molecule has 0 bridgehead atoms. The van der Waals surface area contributed by atoms with Gasteiger partial charge < -0.3 is 15.7 Å². The molecule has 0 spiro atoms. The maximum atomic E-state index is 12.2. The van der Waals surface area contributed by atoms with Crippen LogP contribution in [0.4, 0.5) is 0 Å². The van der Waals surface area contributed by atoms with Gasteiger partial charge in [0.2, 0.25) is 0 Å². The summed E-state index contributed by atoms with van der Waals surface area (Å²) in [6.45, 7) is 17.5. The number of fused-ring (bicyclic) bond motifs is 4. The molecule has 5 unspecified atom stereocenters. The number of aliphatic hydroxyl groups is 1. The molecule has 0 saturated heterocycles. The fourth-order valence-electron chi connectivity index (χ4n) is 7.64. The molecule has 2 saturated carbocycles. The van der Waals surface area contributed by atoms with Crippen LogP contribution < -0.4 is 10.6 Å². The third-order valence-electron chi connectivity index (χ3n) is 9.29. The van der Waals surface area contributed by atoms with Crippen molar-refractivity contribution in [3.8, 4) is 0 Å². The quantitative estimate of drug-likeness (QED) is 0.358. The van der Waals surface area contributed by atoms with Gasteiger partial charge in [0.25, 0.3) is 0 Å². The number of rotatable bonds is 6. The van der Waals surface area contributed by atoms with Crippen molar-refractivity contribution in [3.05, 3.63) is 76.7 Å². The molecule has 0 aliphatic heterocycles. The molecule has 0 amide bonds. The van der Waals surface area contributed by atoms with Crippen molar-refractivity contribution in [2.75, 3.05) is 6.54 Å². The number of hydrogen-bond donors (Lipinski definition) is 3. The molecule has 5 atom stereocenters. The summed E-state index contributed by atoms with van der Waals surface area (Å²) in [7, 11) is 0. The smallest absolute Gasteiger partial charge is 0.156 e. The first-order valence-corrected chi connectivity index (χ1v) is 15.2. The lowest BCUT2D eigenvalue weighted by atomic mass is 9.53. The summed E-state index contributed by atoms with van der Waals surface area (Å²) in [6.07, 6.45) is 12.7. The van der Waals surface area contributed by atoms with Crippen LogP contribution in [0.1, 0.15) is 104 Å². The number of ketones is 1. The second kappa shape index (κ2) is 11.9. The van der Waals surface area contributed by atoms with Crippen LogP contribution in [0.2, 0.25) is 0 Å². The molecule has 2 fully saturated rings. The van der Waals surface area contributed by atoms with Gasteiger partial charge in [0.05, 0.1) is 11.9 Å². The Morgan fingerprint density at radius 2 is 1.82 bits per heavy atom. The molecular weight excluding hydrogens is 480 g/mol. The van der Waals surface area contributed by atoms with E-state index in [-0.39, 0.29) is 22.8 Å². The minimum atomic E-state index is -0.214. The van der Waals surface area contributed by atoms with Crippen LogP contribution in [0.5, 0.6) is 0 Å². The highest BCUT2D eigenvalue weighted by atomic mass is 16.3. The molecule has 0 heterocycles. The van der Waals surface area contributed by atoms with E-state index in [0.29, 0.717) is 24.2 Å². The van der Waals surface area contributed by atoms with Crippen LogP contribution in [0.15, 0.2) is 65.5 Å². The summed E-state index contributed by atoms with van der Waals surface area (Å²) in [5, 5.41) is 17.7. The lowest BCUT2D eigenvalue weighted by Crippen LogP contribution is -2.45. The number of nitrogens with one attached hydrogen (secondary N) is 2. The Hall–Kier alpha value is -2.59. The number of aliphatic hydroxyl groups excluding tert-OH is 1. The van der Waals surface area contributed by atoms with Gasteiger partial charge in [-0.15, -0.1) is 0 Å². The molecule has 5 rings (SSSR count). The number of allylic oxidation sites excluding steroid dienone is 4. The van der Waals surface area contributed by atoms with Gasteiger partial charge in [0, 0.05) is 24.4 Å². The van der Waals surface area contributed by atoms with Crippen molar-refractivity contribution in [1.82, 2.24) is 10.6 Å². The zero-order valence-electron chi connectivity index (χ0n) is 25.1. The minimum Gasteiger partial charge on any atom is -0.393 e. The Balaban J connectivity index is 0.00000172. The monoisotopic (exact) mass is 530 g/mol. The van der Waals surface area contributed by atoms with E-state index in [2.05, 4.69) is 81.3 Å². The van der Waals surface area contributed by atoms with Crippen LogP contribution in [-0.4, -0.2) is 29.1 Å². The lowest BCUT2D eigenvalue weighted by Gasteiger charge is -2.52. The fourth-order valence-corrected chi connectivity index (χ4v) is 7.64. The highest BCUT2D eigenvalue weighted by Gasteiger charge is 2.56. The zero-order valence-corrected chi connectivity index (χ0v) is 25.1. The summed E-state index contributed by atoms with van der Waals surface area (Å²) >= 11 is 0. The van der Waals surface area contributed by atoms with Crippen molar-refractivity contribution in [1.29, 1.82) is 0 Å². The topological polar surface area (TPSA) is 61.4 Å². The third-order valence-corrected chi connectivity index (χ3v) is 9.29. The predicted molar refractivity (Wildman–Crippen MR) is 163 cm³/mol. The molecule has 1 aromatic carbocycles. The van der Waals surface area contributed by atoms with Crippen LogP contribution in [0.25, 0.3) is 6.08 Å². The Labute approximate surface area is 236 Å². The number of benzene rings is 1. The third kappa shape index (κ3) is 6.27. The van der Waals surface area contributed by atoms with Crippen molar-refractivity contribution in [3.63, 3.8) is 0 Å². The number of hydrogen-bond acceptors (Lipinski definition) is 4. The van der Waals surface area contributed by atoms with E-state index in [0.717, 1.165) is 50.9 Å². The average Bonchev–Trinajstić information content (AvgIpc) is 3.20. The maximum absolute atomic E-state index is 12.2. The van der Waals surface area contributed by atoms with Crippen LogP contribution >= 0.6 is 0 Å². The first kappa shape index (κ1) is 29.4. The van der Waals surface area contributed by atoms with Gasteiger partial charge in [-0.2, -0.15) is 0 Å². The first-order chi connectivity index (χ1) is 18.5. The fraction of sp³-hybridized carbons (Fsp3) is 0.571. The zero-order chi connectivity index (χ0) is 28.4. The predicted octanol–water partition coefficient (Wildman–Crippen LogP) is 7.44. The second-order valence-electron chi connectivity index (χ2n) is 13.0. The Bertz CT molecular complexity index is 1150. The Morgan fingerprint density at radius 3 is 2.51 bits per heavy atom. The molecule has 212 valence electrons. The van der Waals surface area contributed by atoms with Crippen LogP contribution in [-0.2, 0) is 4.79 Å². The SMILES string of the molecule is C=C(NC/C=C/c1ccc(C2CC3(C)C(O)CCC3C3CCC4=CC(=O)CCC4=C23)cc1)NC(C)(C)C.CC. The van der Waals surface area contributed by atoms with Gasteiger partial charge in [0.15, 0.2) is 5.78 Å². The average molecular weight is 531 g/mol. The summed E-state index contributed by atoms with van der Waals surface area (Å²) in [5.74, 6) is 2.52. The normalized spacial score (nSPS) is 30.0. The van der Waals surface area contributed by atoms with Gasteiger partial charge in [-0.1, -0.05) is 69.3 Å². The highest BCUT2D eigenvalue weighted by Crippen LogP contribution is 2.63. The van der Waals surface area contributed by atoms with Gasteiger partial charge in [0.1, 0.15) is 0 Å². The molecular formula is C35H50N2O2. The van der Waals surface area contributed by atoms with Gasteiger partial charge >= 0.3 is 0 Å². The minimum absolute atomic E-state index is 0.00821. The molecule has 4 aliphatic rings.